The summed E-state index contributed by atoms with van der Waals surface area (Å²) in [7, 11) is 0. The fraction of sp³-hybridized carbons (Fsp3) is 0.769. The van der Waals surface area contributed by atoms with Crippen molar-refractivity contribution >= 4 is 17.9 Å². The fourth-order valence-corrected chi connectivity index (χ4v) is 8.58. The van der Waals surface area contributed by atoms with E-state index in [2.05, 4.69) is 93.7 Å². The Kier molecular flexibility index (Phi) is 56.8. The van der Waals surface area contributed by atoms with E-state index >= 15 is 0 Å². The second-order valence-corrected chi connectivity index (χ2v) is 20.3. The molecule has 6 nitrogen and oxygen atoms in total. The minimum absolute atomic E-state index is 0.0957. The Hall–Kier alpha value is -3.15. The first-order chi connectivity index (χ1) is 35.0. The quantitative estimate of drug-likeness (QED) is 0.0261. The summed E-state index contributed by atoms with van der Waals surface area (Å²) in [4.78, 5) is 38.2. The van der Waals surface area contributed by atoms with Crippen molar-refractivity contribution in [2.24, 2.45) is 0 Å². The lowest BCUT2D eigenvalue weighted by molar-refractivity contribution is -0.167. The minimum Gasteiger partial charge on any atom is -0.462 e. The van der Waals surface area contributed by atoms with Gasteiger partial charge in [-0.05, 0) is 89.9 Å². The number of unbranched alkanes of at least 4 members (excludes halogenated alkanes) is 32. The van der Waals surface area contributed by atoms with Crippen LogP contribution in [0.5, 0.6) is 0 Å². The molecule has 0 unspecified atom stereocenters. The van der Waals surface area contributed by atoms with Gasteiger partial charge in [0.1, 0.15) is 13.2 Å². The number of hydrogen-bond acceptors (Lipinski definition) is 6. The number of carbonyl (C=O) groups excluding carboxylic acids is 3. The highest BCUT2D eigenvalue weighted by atomic mass is 16.6. The lowest BCUT2D eigenvalue weighted by atomic mass is 10.0. The van der Waals surface area contributed by atoms with Crippen molar-refractivity contribution in [2.75, 3.05) is 13.2 Å². The Bertz CT molecular complexity index is 1320. The molecule has 0 aliphatic carbocycles. The van der Waals surface area contributed by atoms with E-state index in [1.807, 2.05) is 0 Å². The van der Waals surface area contributed by atoms with Crippen LogP contribution in [0.2, 0.25) is 0 Å². The Morgan fingerprint density at radius 1 is 0.282 bits per heavy atom. The van der Waals surface area contributed by atoms with Crippen LogP contribution in [0.3, 0.4) is 0 Å². The van der Waals surface area contributed by atoms with Gasteiger partial charge in [0.2, 0.25) is 0 Å². The highest BCUT2D eigenvalue weighted by molar-refractivity contribution is 5.71. The number of allylic oxidation sites excluding steroid dienone is 12. The van der Waals surface area contributed by atoms with Crippen LogP contribution in [-0.2, 0) is 28.6 Å². The van der Waals surface area contributed by atoms with Crippen LogP contribution in [0, 0.1) is 0 Å². The maximum absolute atomic E-state index is 12.9. The molecule has 0 aromatic rings. The number of hydrogen-bond donors (Lipinski definition) is 0. The molecule has 71 heavy (non-hydrogen) atoms. The van der Waals surface area contributed by atoms with E-state index in [1.165, 1.54) is 186 Å². The molecule has 0 spiro atoms. The van der Waals surface area contributed by atoms with Gasteiger partial charge in [0.15, 0.2) is 6.10 Å². The SMILES string of the molecule is CCCCC/C=C/C/C=C/C/C=C/C/C=C/CCCC(=O)O[C@@H](COC(=O)CCCCCCCCCCC/C=C/C/C=C/CCCCC)COC(=O)CCCCCCCCCCCCCCCCCCC. The van der Waals surface area contributed by atoms with Gasteiger partial charge < -0.3 is 14.2 Å². The van der Waals surface area contributed by atoms with E-state index in [-0.39, 0.29) is 37.5 Å². The Morgan fingerprint density at radius 3 is 0.859 bits per heavy atom. The maximum atomic E-state index is 12.9. The van der Waals surface area contributed by atoms with Gasteiger partial charge >= 0.3 is 17.9 Å². The minimum atomic E-state index is -0.805. The first kappa shape index (κ1) is 67.8. The second-order valence-electron chi connectivity index (χ2n) is 20.3. The molecule has 0 aromatic heterocycles. The van der Waals surface area contributed by atoms with Gasteiger partial charge in [0.25, 0.3) is 0 Å². The molecule has 0 aromatic carbocycles. The van der Waals surface area contributed by atoms with Crippen LogP contribution >= 0.6 is 0 Å². The third kappa shape index (κ3) is 57.6. The van der Waals surface area contributed by atoms with E-state index < -0.39 is 6.10 Å². The number of ether oxygens (including phenoxy) is 3. The van der Waals surface area contributed by atoms with E-state index in [0.29, 0.717) is 19.3 Å². The molecule has 0 heterocycles. The van der Waals surface area contributed by atoms with E-state index in [4.69, 9.17) is 14.2 Å². The van der Waals surface area contributed by atoms with Crippen molar-refractivity contribution in [3.8, 4) is 0 Å². The third-order valence-electron chi connectivity index (χ3n) is 13.2. The van der Waals surface area contributed by atoms with Gasteiger partial charge in [0.05, 0.1) is 0 Å². The van der Waals surface area contributed by atoms with Crippen molar-refractivity contribution in [1.29, 1.82) is 0 Å². The van der Waals surface area contributed by atoms with Crippen LogP contribution in [0.15, 0.2) is 72.9 Å². The summed E-state index contributed by atoms with van der Waals surface area (Å²) in [5.74, 6) is -0.944. The van der Waals surface area contributed by atoms with Gasteiger partial charge in [-0.2, -0.15) is 0 Å². The normalized spacial score (nSPS) is 12.5. The predicted octanol–water partition coefficient (Wildman–Crippen LogP) is 20.5. The topological polar surface area (TPSA) is 78.9 Å². The Labute approximate surface area is 440 Å². The molecule has 0 rings (SSSR count). The average Bonchev–Trinajstić information content (AvgIpc) is 3.37. The molecule has 0 N–H and O–H groups in total. The third-order valence-corrected chi connectivity index (χ3v) is 13.2. The predicted molar refractivity (Wildman–Crippen MR) is 307 cm³/mol. The van der Waals surface area contributed by atoms with E-state index in [9.17, 15) is 14.4 Å². The zero-order chi connectivity index (χ0) is 51.4. The van der Waals surface area contributed by atoms with Crippen molar-refractivity contribution < 1.29 is 28.6 Å². The molecule has 0 radical (unpaired) electrons. The van der Waals surface area contributed by atoms with Gasteiger partial charge in [-0.1, -0.05) is 267 Å². The summed E-state index contributed by atoms with van der Waals surface area (Å²) in [6.45, 7) is 6.57. The average molecular weight is 992 g/mol. The molecule has 6 heteroatoms. The summed E-state index contributed by atoms with van der Waals surface area (Å²) >= 11 is 0. The molecular weight excluding hydrogens is 877 g/mol. The fourth-order valence-electron chi connectivity index (χ4n) is 8.58. The summed E-state index contributed by atoms with van der Waals surface area (Å²) in [5.41, 5.74) is 0. The van der Waals surface area contributed by atoms with Crippen molar-refractivity contribution in [2.45, 2.75) is 309 Å². The molecule has 0 fully saturated rings. The van der Waals surface area contributed by atoms with E-state index in [0.717, 1.165) is 70.6 Å². The molecule has 0 aliphatic rings. The smallest absolute Gasteiger partial charge is 0.306 e. The van der Waals surface area contributed by atoms with E-state index in [1.54, 1.807) is 0 Å². The second kappa shape index (κ2) is 59.4. The summed E-state index contributed by atoms with van der Waals surface area (Å²) < 4.78 is 16.9. The standard InChI is InChI=1S/C65H114O6/c1-4-7-10-13-16-19-22-25-28-31-32-35-37-40-43-46-49-52-55-58-64(67)70-61-62(71-65(68)59-56-53-50-47-44-41-38-34-30-27-24-21-18-15-12-9-6-3)60-69-63(66)57-54-51-48-45-42-39-36-33-29-26-23-20-17-14-11-8-5-2/h16,18-19,21,25,27-28,30,38,41,47,50,62H,4-15,17,20,22-24,26,29,31-37,39-40,42-46,48-49,51-61H2,1-3H3/b19-16+,21-18+,28-25+,30-27+,41-38+,50-47+/t62-/m1/s1. The maximum Gasteiger partial charge on any atom is 0.306 e. The molecule has 0 saturated carbocycles. The van der Waals surface area contributed by atoms with Crippen molar-refractivity contribution in [3.05, 3.63) is 72.9 Å². The molecule has 1 atom stereocenters. The Balaban J connectivity index is 4.44. The molecule has 0 amide bonds. The zero-order valence-electron chi connectivity index (χ0n) is 47.0. The first-order valence-corrected chi connectivity index (χ1v) is 30.4. The number of rotatable bonds is 55. The Morgan fingerprint density at radius 2 is 0.521 bits per heavy atom. The van der Waals surface area contributed by atoms with Crippen molar-refractivity contribution in [3.63, 3.8) is 0 Å². The number of esters is 3. The molecule has 0 bridgehead atoms. The lowest BCUT2D eigenvalue weighted by Crippen LogP contribution is -2.30. The summed E-state index contributed by atoms with van der Waals surface area (Å²) in [6, 6.07) is 0. The molecule has 0 saturated heterocycles. The molecule has 0 aliphatic heterocycles. The molecular formula is C65H114O6. The van der Waals surface area contributed by atoms with Crippen LogP contribution in [0.1, 0.15) is 303 Å². The lowest BCUT2D eigenvalue weighted by Gasteiger charge is -2.18. The van der Waals surface area contributed by atoms with Gasteiger partial charge in [-0.3, -0.25) is 14.4 Å². The largest absolute Gasteiger partial charge is 0.462 e. The van der Waals surface area contributed by atoms with Gasteiger partial charge in [-0.25, -0.2) is 0 Å². The monoisotopic (exact) mass is 991 g/mol. The first-order valence-electron chi connectivity index (χ1n) is 30.4. The van der Waals surface area contributed by atoms with Crippen molar-refractivity contribution in [1.82, 2.24) is 0 Å². The van der Waals surface area contributed by atoms with Crippen LogP contribution in [0.25, 0.3) is 0 Å². The van der Waals surface area contributed by atoms with Crippen LogP contribution < -0.4 is 0 Å². The summed E-state index contributed by atoms with van der Waals surface area (Å²) in [5, 5.41) is 0. The number of carbonyl (C=O) groups is 3. The molecule has 410 valence electrons. The van der Waals surface area contributed by atoms with Crippen LogP contribution in [0.4, 0.5) is 0 Å². The van der Waals surface area contributed by atoms with Gasteiger partial charge in [0, 0.05) is 19.3 Å². The van der Waals surface area contributed by atoms with Gasteiger partial charge in [-0.15, -0.1) is 0 Å². The summed E-state index contributed by atoms with van der Waals surface area (Å²) in [6.07, 6.45) is 76.1. The highest BCUT2D eigenvalue weighted by Gasteiger charge is 2.19. The van der Waals surface area contributed by atoms with Crippen LogP contribution in [-0.4, -0.2) is 37.2 Å². The highest BCUT2D eigenvalue weighted by Crippen LogP contribution is 2.16. The zero-order valence-corrected chi connectivity index (χ0v) is 47.0.